The summed E-state index contributed by atoms with van der Waals surface area (Å²) in [5.74, 6) is 0. The molecule has 0 radical (unpaired) electrons. The van der Waals surface area contributed by atoms with Gasteiger partial charge >= 0.3 is 0 Å². The second kappa shape index (κ2) is 10.5. The van der Waals surface area contributed by atoms with E-state index >= 15 is 0 Å². The molecule has 0 saturated heterocycles. The zero-order chi connectivity index (χ0) is 17.2. The fourth-order valence-electron chi connectivity index (χ4n) is 1.60. The molecule has 0 aliphatic heterocycles. The van der Waals surface area contributed by atoms with Crippen molar-refractivity contribution in [2.45, 2.75) is 104 Å². The molecule has 0 rings (SSSR count). The summed E-state index contributed by atoms with van der Waals surface area (Å²) in [5, 5.41) is 0. The van der Waals surface area contributed by atoms with Crippen molar-refractivity contribution in [1.29, 1.82) is 0 Å². The highest BCUT2D eigenvalue weighted by molar-refractivity contribution is 4.75. The van der Waals surface area contributed by atoms with Crippen molar-refractivity contribution in [2.24, 2.45) is 0 Å². The smallest absolute Gasteiger partial charge is 0.228 e. The molecule has 0 saturated carbocycles. The molecule has 2 atom stereocenters. The van der Waals surface area contributed by atoms with Gasteiger partial charge in [0, 0.05) is 12.8 Å². The van der Waals surface area contributed by atoms with E-state index in [1.54, 1.807) is 27.7 Å². The van der Waals surface area contributed by atoms with E-state index in [9.17, 15) is 8.78 Å². The van der Waals surface area contributed by atoms with Gasteiger partial charge in [0.15, 0.2) is 0 Å². The van der Waals surface area contributed by atoms with Gasteiger partial charge in [-0.3, -0.25) is 0 Å². The maximum Gasteiger partial charge on any atom is 0.231 e. The van der Waals surface area contributed by atoms with Crippen molar-refractivity contribution >= 4 is 0 Å². The van der Waals surface area contributed by atoms with Crippen LogP contribution in [0.5, 0.6) is 0 Å². The number of halogens is 2. The lowest BCUT2D eigenvalue weighted by atomic mass is 9.94. The zero-order valence-electron chi connectivity index (χ0n) is 14.8. The van der Waals surface area contributed by atoms with E-state index in [0.717, 1.165) is 0 Å². The summed E-state index contributed by atoms with van der Waals surface area (Å²) < 4.78 is 26.5. The molecule has 0 aliphatic carbocycles. The average Bonchev–Trinajstić information content (AvgIpc) is 2.42. The Morgan fingerprint density at radius 2 is 1.05 bits per heavy atom. The van der Waals surface area contributed by atoms with Crippen LogP contribution in [0, 0.1) is 0 Å². The lowest BCUT2D eigenvalue weighted by molar-refractivity contribution is -0.412. The van der Waals surface area contributed by atoms with Gasteiger partial charge < -0.3 is 0 Å². The fraction of sp³-hybridized carbons (Fsp3) is 1.00. The summed E-state index contributed by atoms with van der Waals surface area (Å²) in [6.07, 6.45) is 0.231. The second-order valence-electron chi connectivity index (χ2n) is 6.78. The SMILES string of the molecule is CCCC(F)OOC(C)(C)CCC(C)(C)OOC(F)CCC. The predicted molar refractivity (Wildman–Crippen MR) is 81.3 cm³/mol. The van der Waals surface area contributed by atoms with Gasteiger partial charge in [-0.05, 0) is 40.5 Å². The lowest BCUT2D eigenvalue weighted by Gasteiger charge is -2.30. The topological polar surface area (TPSA) is 36.9 Å². The number of hydrogen-bond donors (Lipinski definition) is 0. The molecule has 0 aromatic carbocycles. The zero-order valence-corrected chi connectivity index (χ0v) is 14.8. The largest absolute Gasteiger partial charge is 0.231 e. The normalized spacial score (nSPS) is 15.8. The average molecular weight is 326 g/mol. The van der Waals surface area contributed by atoms with Gasteiger partial charge in [0.25, 0.3) is 0 Å². The molecule has 0 aliphatic rings. The lowest BCUT2D eigenvalue weighted by Crippen LogP contribution is -2.33. The van der Waals surface area contributed by atoms with Crippen LogP contribution in [-0.4, -0.2) is 23.9 Å². The minimum absolute atomic E-state index is 0.299. The fourth-order valence-corrected chi connectivity index (χ4v) is 1.60. The summed E-state index contributed by atoms with van der Waals surface area (Å²) >= 11 is 0. The van der Waals surface area contributed by atoms with Gasteiger partial charge in [-0.1, -0.05) is 26.7 Å². The quantitative estimate of drug-likeness (QED) is 0.335. The van der Waals surface area contributed by atoms with Crippen molar-refractivity contribution in [3.63, 3.8) is 0 Å². The summed E-state index contributed by atoms with van der Waals surface area (Å²) in [5.41, 5.74) is -1.34. The molecule has 0 fully saturated rings. The Labute approximate surface area is 133 Å². The van der Waals surface area contributed by atoms with Crippen molar-refractivity contribution in [3.05, 3.63) is 0 Å². The Morgan fingerprint density at radius 1 is 0.727 bits per heavy atom. The van der Waals surface area contributed by atoms with Crippen molar-refractivity contribution < 1.29 is 28.3 Å². The van der Waals surface area contributed by atoms with Crippen LogP contribution in [-0.2, 0) is 19.6 Å². The van der Waals surface area contributed by atoms with Crippen LogP contribution in [0.15, 0.2) is 0 Å². The van der Waals surface area contributed by atoms with Gasteiger partial charge in [0.1, 0.15) is 0 Å². The van der Waals surface area contributed by atoms with E-state index in [4.69, 9.17) is 19.6 Å². The third kappa shape index (κ3) is 11.3. The van der Waals surface area contributed by atoms with Crippen LogP contribution in [0.2, 0.25) is 0 Å². The van der Waals surface area contributed by atoms with E-state index in [-0.39, 0.29) is 0 Å². The molecule has 0 heterocycles. The number of hydrogen-bond acceptors (Lipinski definition) is 4. The van der Waals surface area contributed by atoms with Crippen LogP contribution in [0.1, 0.15) is 80.1 Å². The van der Waals surface area contributed by atoms with Crippen LogP contribution in [0.25, 0.3) is 0 Å². The molecule has 4 nitrogen and oxygen atoms in total. The van der Waals surface area contributed by atoms with Gasteiger partial charge in [0.2, 0.25) is 12.7 Å². The van der Waals surface area contributed by atoms with Crippen LogP contribution in [0.3, 0.4) is 0 Å². The maximum atomic E-state index is 13.3. The molecule has 0 aromatic heterocycles. The molecule has 134 valence electrons. The second-order valence-corrected chi connectivity index (χ2v) is 6.78. The van der Waals surface area contributed by atoms with E-state index in [2.05, 4.69) is 0 Å². The first-order valence-corrected chi connectivity index (χ1v) is 8.09. The Bertz CT molecular complexity index is 257. The highest BCUT2D eigenvalue weighted by Gasteiger charge is 2.29. The first kappa shape index (κ1) is 21.7. The summed E-state index contributed by atoms with van der Waals surface area (Å²) in [6, 6.07) is 0. The Balaban J connectivity index is 4.09. The minimum Gasteiger partial charge on any atom is -0.228 e. The number of alkyl halides is 2. The van der Waals surface area contributed by atoms with Crippen molar-refractivity contribution in [3.8, 4) is 0 Å². The van der Waals surface area contributed by atoms with Crippen LogP contribution in [0.4, 0.5) is 8.78 Å². The molecular formula is C16H32F2O4. The monoisotopic (exact) mass is 326 g/mol. The molecule has 0 bridgehead atoms. The number of rotatable bonds is 13. The molecule has 6 heteroatoms. The molecule has 0 N–H and O–H groups in total. The van der Waals surface area contributed by atoms with E-state index < -0.39 is 23.9 Å². The van der Waals surface area contributed by atoms with Gasteiger partial charge in [-0.15, -0.1) is 0 Å². The standard InChI is InChI=1S/C16H32F2O4/c1-7-9-13(17)19-21-15(3,4)11-12-16(5,6)22-20-14(18)10-8-2/h13-14H,7-12H2,1-6H3. The Morgan fingerprint density at radius 3 is 1.32 bits per heavy atom. The molecule has 22 heavy (non-hydrogen) atoms. The summed E-state index contributed by atoms with van der Waals surface area (Å²) in [7, 11) is 0. The molecule has 0 aromatic rings. The van der Waals surface area contributed by atoms with Crippen molar-refractivity contribution in [2.75, 3.05) is 0 Å². The van der Waals surface area contributed by atoms with Gasteiger partial charge in [0.05, 0.1) is 11.2 Å². The first-order chi connectivity index (χ1) is 10.1. The van der Waals surface area contributed by atoms with E-state index in [1.807, 2.05) is 13.8 Å². The van der Waals surface area contributed by atoms with Crippen molar-refractivity contribution in [1.82, 2.24) is 0 Å². The molecule has 2 unspecified atom stereocenters. The molecule has 0 amide bonds. The first-order valence-electron chi connectivity index (χ1n) is 8.09. The Hall–Kier alpha value is -0.300. The van der Waals surface area contributed by atoms with Crippen LogP contribution >= 0.6 is 0 Å². The molecule has 0 spiro atoms. The van der Waals surface area contributed by atoms with Gasteiger partial charge in [-0.2, -0.15) is 9.78 Å². The third-order valence-electron chi connectivity index (χ3n) is 3.12. The summed E-state index contributed by atoms with van der Waals surface area (Å²) in [6.45, 7) is 11.0. The Kier molecular flexibility index (Phi) is 10.3. The summed E-state index contributed by atoms with van der Waals surface area (Å²) in [4.78, 5) is 19.8. The highest BCUT2D eigenvalue weighted by Crippen LogP contribution is 2.26. The third-order valence-corrected chi connectivity index (χ3v) is 3.12. The van der Waals surface area contributed by atoms with E-state index in [0.29, 0.717) is 38.5 Å². The van der Waals surface area contributed by atoms with Gasteiger partial charge in [-0.25, -0.2) is 18.6 Å². The van der Waals surface area contributed by atoms with E-state index in [1.165, 1.54) is 0 Å². The minimum atomic E-state index is -1.42. The predicted octanol–water partition coefficient (Wildman–Crippen LogP) is 5.41. The van der Waals surface area contributed by atoms with Crippen LogP contribution < -0.4 is 0 Å². The highest BCUT2D eigenvalue weighted by atomic mass is 19.2. The molecular weight excluding hydrogens is 294 g/mol. The maximum absolute atomic E-state index is 13.3.